The van der Waals surface area contributed by atoms with Gasteiger partial charge in [0.2, 0.25) is 0 Å². The molecule has 4 heterocycles. The van der Waals surface area contributed by atoms with Crippen LogP contribution in [0.15, 0.2) is 10.9 Å². The van der Waals surface area contributed by atoms with Crippen LogP contribution in [0.25, 0.3) is 5.65 Å². The van der Waals surface area contributed by atoms with Crippen LogP contribution in [0.5, 0.6) is 0 Å². The fourth-order valence-corrected chi connectivity index (χ4v) is 4.03. The van der Waals surface area contributed by atoms with E-state index in [4.69, 9.17) is 0 Å². The predicted molar refractivity (Wildman–Crippen MR) is 79.6 cm³/mol. The van der Waals surface area contributed by atoms with E-state index in [1.807, 2.05) is 13.0 Å². The van der Waals surface area contributed by atoms with Crippen LogP contribution in [-0.4, -0.2) is 44.8 Å². The molecular formula is C14H20N6O. The first-order chi connectivity index (χ1) is 9.98. The van der Waals surface area contributed by atoms with E-state index < -0.39 is 0 Å². The van der Waals surface area contributed by atoms with Gasteiger partial charge >= 0.3 is 5.69 Å². The Kier molecular flexibility index (Phi) is 2.48. The van der Waals surface area contributed by atoms with Crippen molar-refractivity contribution >= 4 is 11.5 Å². The van der Waals surface area contributed by atoms with Gasteiger partial charge in [-0.15, -0.1) is 0 Å². The molecule has 21 heavy (non-hydrogen) atoms. The van der Waals surface area contributed by atoms with Gasteiger partial charge in [0.15, 0.2) is 5.65 Å². The molecule has 2 aliphatic heterocycles. The first-order valence-electron chi connectivity index (χ1n) is 7.41. The Hall–Kier alpha value is -1.89. The second kappa shape index (κ2) is 4.07. The number of aromatic amines is 1. The van der Waals surface area contributed by atoms with Gasteiger partial charge < -0.3 is 10.2 Å². The minimum absolute atomic E-state index is 0.0581. The van der Waals surface area contributed by atoms with Crippen molar-refractivity contribution in [2.24, 2.45) is 11.8 Å². The Morgan fingerprint density at radius 3 is 2.95 bits per heavy atom. The van der Waals surface area contributed by atoms with Crippen molar-refractivity contribution in [3.63, 3.8) is 0 Å². The standard InChI is InChI=1S/C14H20N6O/c1-8-16-11(4-12-17-18-13(21)20(8)12)19-7-9-5-15-6-10(9)14(19,2)3/h4,9-10,15H,5-7H2,1-3H3,(H,18,21). The molecule has 7 nitrogen and oxygen atoms in total. The number of hydrogen-bond donors (Lipinski definition) is 2. The van der Waals surface area contributed by atoms with Crippen molar-refractivity contribution in [1.82, 2.24) is 24.9 Å². The summed E-state index contributed by atoms with van der Waals surface area (Å²) >= 11 is 0. The number of hydrogen-bond acceptors (Lipinski definition) is 5. The van der Waals surface area contributed by atoms with Crippen LogP contribution in [-0.2, 0) is 0 Å². The molecule has 0 radical (unpaired) electrons. The fraction of sp³-hybridized carbons (Fsp3) is 0.643. The molecular weight excluding hydrogens is 268 g/mol. The van der Waals surface area contributed by atoms with Gasteiger partial charge in [0.25, 0.3) is 0 Å². The molecule has 112 valence electrons. The highest BCUT2D eigenvalue weighted by molar-refractivity contribution is 5.54. The first-order valence-corrected chi connectivity index (χ1v) is 7.41. The van der Waals surface area contributed by atoms with Crippen molar-refractivity contribution in [2.45, 2.75) is 26.3 Å². The number of rotatable bonds is 1. The van der Waals surface area contributed by atoms with Gasteiger partial charge in [0.05, 0.1) is 0 Å². The van der Waals surface area contributed by atoms with E-state index in [1.165, 1.54) is 4.40 Å². The highest BCUT2D eigenvalue weighted by Crippen LogP contribution is 2.42. The summed E-state index contributed by atoms with van der Waals surface area (Å²) in [6.45, 7) is 9.55. The Morgan fingerprint density at radius 2 is 2.19 bits per heavy atom. The summed E-state index contributed by atoms with van der Waals surface area (Å²) in [6.07, 6.45) is 0. The van der Waals surface area contributed by atoms with E-state index in [0.717, 1.165) is 25.5 Å². The number of nitrogens with one attached hydrogen (secondary N) is 2. The van der Waals surface area contributed by atoms with E-state index in [-0.39, 0.29) is 11.2 Å². The van der Waals surface area contributed by atoms with Gasteiger partial charge in [-0.1, -0.05) is 0 Å². The van der Waals surface area contributed by atoms with Crippen molar-refractivity contribution in [3.8, 4) is 0 Å². The van der Waals surface area contributed by atoms with Gasteiger partial charge in [-0.3, -0.25) is 0 Å². The van der Waals surface area contributed by atoms with Crippen LogP contribution < -0.4 is 15.9 Å². The third-order valence-corrected chi connectivity index (χ3v) is 5.19. The number of fused-ring (bicyclic) bond motifs is 2. The molecule has 2 aromatic heterocycles. The van der Waals surface area contributed by atoms with Gasteiger partial charge in [-0.05, 0) is 32.6 Å². The monoisotopic (exact) mass is 288 g/mol. The lowest BCUT2D eigenvalue weighted by atomic mass is 9.85. The zero-order valence-electron chi connectivity index (χ0n) is 12.6. The van der Waals surface area contributed by atoms with Crippen LogP contribution in [0, 0.1) is 18.8 Å². The smallest absolute Gasteiger partial charge is 0.349 e. The third kappa shape index (κ3) is 1.67. The summed E-state index contributed by atoms with van der Waals surface area (Å²) in [5.74, 6) is 2.89. The minimum Gasteiger partial charge on any atom is -0.351 e. The lowest BCUT2D eigenvalue weighted by molar-refractivity contribution is 0.356. The topological polar surface area (TPSA) is 78.3 Å². The maximum Gasteiger partial charge on any atom is 0.349 e. The van der Waals surface area contributed by atoms with Crippen molar-refractivity contribution in [3.05, 3.63) is 22.4 Å². The van der Waals surface area contributed by atoms with Crippen molar-refractivity contribution < 1.29 is 0 Å². The molecule has 0 aromatic carbocycles. The summed E-state index contributed by atoms with van der Waals surface area (Å²) in [6, 6.07) is 1.90. The maximum atomic E-state index is 11.7. The number of H-pyrrole nitrogens is 1. The van der Waals surface area contributed by atoms with Crippen LogP contribution >= 0.6 is 0 Å². The molecule has 2 saturated heterocycles. The van der Waals surface area contributed by atoms with Crippen LogP contribution in [0.1, 0.15) is 19.7 Å². The Balaban J connectivity index is 1.82. The van der Waals surface area contributed by atoms with Crippen molar-refractivity contribution in [1.29, 1.82) is 0 Å². The molecule has 4 rings (SSSR count). The fourth-order valence-electron chi connectivity index (χ4n) is 4.03. The minimum atomic E-state index is -0.233. The third-order valence-electron chi connectivity index (χ3n) is 5.19. The largest absolute Gasteiger partial charge is 0.351 e. The van der Waals surface area contributed by atoms with Gasteiger partial charge in [-0.25, -0.2) is 19.3 Å². The van der Waals surface area contributed by atoms with Gasteiger partial charge in [0.1, 0.15) is 11.6 Å². The van der Waals surface area contributed by atoms with Crippen LogP contribution in [0.2, 0.25) is 0 Å². The molecule has 0 bridgehead atoms. The SMILES string of the molecule is Cc1nc(N2CC3CNCC3C2(C)C)cc2n[nH]c(=O)n12. The molecule has 2 fully saturated rings. The number of nitrogens with zero attached hydrogens (tertiary/aromatic N) is 4. The van der Waals surface area contributed by atoms with E-state index in [1.54, 1.807) is 0 Å². The molecule has 2 unspecified atom stereocenters. The molecule has 2 aliphatic rings. The molecule has 2 aromatic rings. The van der Waals surface area contributed by atoms with Crippen LogP contribution in [0.3, 0.4) is 0 Å². The second-order valence-corrected chi connectivity index (χ2v) is 6.67. The summed E-state index contributed by atoms with van der Waals surface area (Å²) in [5, 5.41) is 10.0. The zero-order chi connectivity index (χ0) is 14.8. The first kappa shape index (κ1) is 12.8. The predicted octanol–water partition coefficient (Wildman–Crippen LogP) is 0.160. The highest BCUT2D eigenvalue weighted by Gasteiger charge is 2.50. The summed E-state index contributed by atoms with van der Waals surface area (Å²) in [4.78, 5) is 18.7. The lowest BCUT2D eigenvalue weighted by Gasteiger charge is -2.36. The van der Waals surface area contributed by atoms with Crippen molar-refractivity contribution in [2.75, 3.05) is 24.5 Å². The molecule has 2 N–H and O–H groups in total. The number of aromatic nitrogens is 4. The molecule has 7 heteroatoms. The molecule has 0 amide bonds. The molecule has 0 aliphatic carbocycles. The van der Waals surface area contributed by atoms with E-state index in [9.17, 15) is 4.79 Å². The van der Waals surface area contributed by atoms with E-state index >= 15 is 0 Å². The van der Waals surface area contributed by atoms with E-state index in [2.05, 4.69) is 39.2 Å². The summed E-state index contributed by atoms with van der Waals surface area (Å²) in [7, 11) is 0. The van der Waals surface area contributed by atoms with E-state index in [0.29, 0.717) is 23.3 Å². The number of aryl methyl sites for hydroxylation is 1. The summed E-state index contributed by atoms with van der Waals surface area (Å²) in [5.41, 5.74) is 0.458. The highest BCUT2D eigenvalue weighted by atomic mass is 16.1. The summed E-state index contributed by atoms with van der Waals surface area (Å²) < 4.78 is 1.51. The van der Waals surface area contributed by atoms with Crippen LogP contribution in [0.4, 0.5) is 5.82 Å². The zero-order valence-corrected chi connectivity index (χ0v) is 12.6. The van der Waals surface area contributed by atoms with Gasteiger partial charge in [-0.2, -0.15) is 5.10 Å². The molecule has 2 atom stereocenters. The average molecular weight is 288 g/mol. The Bertz CT molecular complexity index is 760. The average Bonchev–Trinajstić information content (AvgIpc) is 3.07. The normalized spacial score (nSPS) is 27.5. The Labute approximate surface area is 122 Å². The van der Waals surface area contributed by atoms with Gasteiger partial charge in [0, 0.05) is 31.2 Å². The maximum absolute atomic E-state index is 11.7. The number of anilines is 1. The second-order valence-electron chi connectivity index (χ2n) is 6.67. The molecule has 0 saturated carbocycles. The molecule has 0 spiro atoms. The lowest BCUT2D eigenvalue weighted by Crippen LogP contribution is -2.45. The Morgan fingerprint density at radius 1 is 1.38 bits per heavy atom. The quantitative estimate of drug-likeness (QED) is 0.781.